The summed E-state index contributed by atoms with van der Waals surface area (Å²) in [5.74, 6) is 1.11. The maximum absolute atomic E-state index is 12.4. The van der Waals surface area contributed by atoms with Crippen molar-refractivity contribution in [3.63, 3.8) is 0 Å². The van der Waals surface area contributed by atoms with Crippen LogP contribution in [0.4, 0.5) is 21.9 Å². The highest BCUT2D eigenvalue weighted by Crippen LogP contribution is 2.45. The summed E-state index contributed by atoms with van der Waals surface area (Å²) in [7, 11) is 0. The van der Waals surface area contributed by atoms with E-state index in [1.807, 2.05) is 37.3 Å². The third-order valence-corrected chi connectivity index (χ3v) is 7.35. The second-order valence-corrected chi connectivity index (χ2v) is 9.90. The maximum Gasteiger partial charge on any atom is 0.411 e. The Hall–Kier alpha value is -4.27. The van der Waals surface area contributed by atoms with E-state index in [0.29, 0.717) is 34.8 Å². The van der Waals surface area contributed by atoms with Gasteiger partial charge < -0.3 is 25.5 Å². The summed E-state index contributed by atoms with van der Waals surface area (Å²) < 4.78 is 13.7. The Morgan fingerprint density at radius 3 is 2.54 bits per heavy atom. The molecule has 2 saturated carbocycles. The topological polar surface area (TPSA) is 130 Å². The predicted octanol–water partition coefficient (Wildman–Crippen LogP) is 6.13. The van der Waals surface area contributed by atoms with E-state index in [0.717, 1.165) is 47.8 Å². The monoisotopic (exact) mass is 498 g/mol. The first-order chi connectivity index (χ1) is 18.0. The van der Waals surface area contributed by atoms with Crippen LogP contribution in [-0.2, 0) is 4.74 Å². The number of ether oxygens (including phenoxy) is 2. The average Bonchev–Trinajstić information content (AvgIpc) is 3.67. The SMILES string of the molecule is C[C@@H](OC(=O)Nc1ccc(-c2c(N)c3ccc(Oc4ncccn4)cc3n2C2CCC2)cc1N)C1CC1. The van der Waals surface area contributed by atoms with Crippen molar-refractivity contribution < 1.29 is 14.3 Å². The second kappa shape index (κ2) is 9.31. The zero-order valence-electron chi connectivity index (χ0n) is 20.7. The van der Waals surface area contributed by atoms with Crippen LogP contribution in [0.5, 0.6) is 11.8 Å². The highest BCUT2D eigenvalue weighted by atomic mass is 16.6. The number of carbonyl (C=O) groups is 1. The van der Waals surface area contributed by atoms with Gasteiger partial charge in [0.25, 0.3) is 0 Å². The van der Waals surface area contributed by atoms with Crippen molar-refractivity contribution in [1.82, 2.24) is 14.5 Å². The van der Waals surface area contributed by atoms with Crippen molar-refractivity contribution in [2.45, 2.75) is 51.2 Å². The second-order valence-electron chi connectivity index (χ2n) is 9.90. The molecule has 1 atom stereocenters. The minimum absolute atomic E-state index is 0.0965. The fourth-order valence-corrected chi connectivity index (χ4v) is 4.94. The lowest BCUT2D eigenvalue weighted by Crippen LogP contribution is -2.22. The van der Waals surface area contributed by atoms with Gasteiger partial charge in [-0.15, -0.1) is 0 Å². The number of nitrogens with one attached hydrogen (secondary N) is 1. The molecule has 4 aromatic rings. The molecular weight excluding hydrogens is 468 g/mol. The van der Waals surface area contributed by atoms with Crippen molar-refractivity contribution in [2.24, 2.45) is 5.92 Å². The molecule has 9 nitrogen and oxygen atoms in total. The predicted molar refractivity (Wildman–Crippen MR) is 143 cm³/mol. The number of amides is 1. The number of hydrogen-bond donors (Lipinski definition) is 3. The van der Waals surface area contributed by atoms with Crippen molar-refractivity contribution in [3.8, 4) is 23.0 Å². The van der Waals surface area contributed by atoms with E-state index >= 15 is 0 Å². The van der Waals surface area contributed by atoms with Gasteiger partial charge in [-0.2, -0.15) is 0 Å². The van der Waals surface area contributed by atoms with E-state index in [9.17, 15) is 4.79 Å². The van der Waals surface area contributed by atoms with Crippen LogP contribution >= 0.6 is 0 Å². The van der Waals surface area contributed by atoms with Gasteiger partial charge in [-0.1, -0.05) is 6.07 Å². The lowest BCUT2D eigenvalue weighted by Gasteiger charge is -2.30. The molecule has 2 heterocycles. The number of nitrogen functional groups attached to an aromatic ring is 2. The Labute approximate surface area is 214 Å². The number of hydrogen-bond acceptors (Lipinski definition) is 7. The number of benzene rings is 2. The van der Waals surface area contributed by atoms with Gasteiger partial charge in [0.1, 0.15) is 11.9 Å². The summed E-state index contributed by atoms with van der Waals surface area (Å²) in [6, 6.07) is 13.8. The summed E-state index contributed by atoms with van der Waals surface area (Å²) in [6.45, 7) is 1.93. The third kappa shape index (κ3) is 4.52. The molecule has 2 aliphatic carbocycles. The van der Waals surface area contributed by atoms with E-state index in [4.69, 9.17) is 20.9 Å². The fraction of sp³-hybridized carbons (Fsp3) is 0.321. The summed E-state index contributed by atoms with van der Waals surface area (Å²) >= 11 is 0. The molecular formula is C28H30N6O3. The normalized spacial score (nSPS) is 16.2. The van der Waals surface area contributed by atoms with Crippen LogP contribution < -0.4 is 21.5 Å². The molecule has 0 aliphatic heterocycles. The average molecular weight is 499 g/mol. The smallest absolute Gasteiger partial charge is 0.411 e. The molecule has 9 heteroatoms. The molecule has 0 bridgehead atoms. The summed E-state index contributed by atoms with van der Waals surface area (Å²) in [5, 5.41) is 3.73. The zero-order chi connectivity index (χ0) is 25.5. The lowest BCUT2D eigenvalue weighted by atomic mass is 9.92. The Morgan fingerprint density at radius 1 is 1.08 bits per heavy atom. The number of nitrogens with two attached hydrogens (primary N) is 2. The van der Waals surface area contributed by atoms with Crippen LogP contribution in [0.2, 0.25) is 0 Å². The van der Waals surface area contributed by atoms with Crippen molar-refractivity contribution in [2.75, 3.05) is 16.8 Å². The van der Waals surface area contributed by atoms with Crippen LogP contribution in [0, 0.1) is 5.92 Å². The molecule has 0 unspecified atom stereocenters. The van der Waals surface area contributed by atoms with Gasteiger partial charge in [-0.3, -0.25) is 5.32 Å². The molecule has 1 amide bonds. The van der Waals surface area contributed by atoms with Gasteiger partial charge >= 0.3 is 12.1 Å². The molecule has 5 N–H and O–H groups in total. The highest BCUT2D eigenvalue weighted by molar-refractivity contribution is 6.02. The number of carbonyl (C=O) groups excluding carboxylic acids is 1. The molecule has 2 aliphatic rings. The van der Waals surface area contributed by atoms with Gasteiger partial charge in [0.05, 0.1) is 28.3 Å². The van der Waals surface area contributed by atoms with E-state index in [2.05, 4.69) is 19.9 Å². The summed E-state index contributed by atoms with van der Waals surface area (Å²) in [6.07, 6.45) is 8.23. The van der Waals surface area contributed by atoms with Crippen molar-refractivity contribution in [3.05, 3.63) is 54.9 Å². The van der Waals surface area contributed by atoms with E-state index in [-0.39, 0.29) is 12.1 Å². The van der Waals surface area contributed by atoms with Crippen LogP contribution in [0.3, 0.4) is 0 Å². The molecule has 2 aromatic carbocycles. The molecule has 0 saturated heterocycles. The largest absolute Gasteiger partial charge is 0.446 e. The number of rotatable bonds is 7. The molecule has 0 spiro atoms. The Bertz CT molecular complexity index is 1460. The van der Waals surface area contributed by atoms with Crippen LogP contribution in [0.25, 0.3) is 22.2 Å². The van der Waals surface area contributed by atoms with Gasteiger partial charge in [0, 0.05) is 35.5 Å². The van der Waals surface area contributed by atoms with Gasteiger partial charge in [0.2, 0.25) is 0 Å². The van der Waals surface area contributed by atoms with E-state index < -0.39 is 6.09 Å². The molecule has 2 aromatic heterocycles. The number of aromatic nitrogens is 3. The minimum Gasteiger partial charge on any atom is -0.446 e. The third-order valence-electron chi connectivity index (χ3n) is 7.35. The first-order valence-corrected chi connectivity index (χ1v) is 12.7. The van der Waals surface area contributed by atoms with Gasteiger partial charge in [0.15, 0.2) is 0 Å². The molecule has 2 fully saturated rings. The quantitative estimate of drug-likeness (QED) is 0.261. The number of anilines is 3. The molecule has 190 valence electrons. The molecule has 6 rings (SSSR count). The summed E-state index contributed by atoms with van der Waals surface area (Å²) in [5.41, 5.74) is 17.5. The molecule has 37 heavy (non-hydrogen) atoms. The highest BCUT2D eigenvalue weighted by Gasteiger charge is 2.31. The summed E-state index contributed by atoms with van der Waals surface area (Å²) in [4.78, 5) is 20.7. The van der Waals surface area contributed by atoms with E-state index in [1.54, 1.807) is 24.5 Å². The zero-order valence-corrected chi connectivity index (χ0v) is 20.7. The standard InChI is InChI=1S/C28H30N6O3/c1-16(17-6-7-17)36-28(35)33-23-11-8-18(14-22(23)29)26-25(30)21-10-9-20(37-27-31-12-3-13-32-27)15-24(21)34(26)19-4-2-5-19/h3,8-17,19H,2,4-7,29-30H2,1H3,(H,33,35)/t16-/m1/s1. The van der Waals surface area contributed by atoms with Gasteiger partial charge in [-0.05, 0) is 75.3 Å². The van der Waals surface area contributed by atoms with Crippen molar-refractivity contribution in [1.29, 1.82) is 0 Å². The fourth-order valence-electron chi connectivity index (χ4n) is 4.94. The minimum atomic E-state index is -0.489. The Morgan fingerprint density at radius 2 is 1.86 bits per heavy atom. The van der Waals surface area contributed by atoms with Gasteiger partial charge in [-0.25, -0.2) is 14.8 Å². The van der Waals surface area contributed by atoms with Crippen LogP contribution in [0.1, 0.15) is 45.1 Å². The van der Waals surface area contributed by atoms with Crippen LogP contribution in [0.15, 0.2) is 54.9 Å². The Balaban J connectivity index is 1.33. The van der Waals surface area contributed by atoms with Crippen molar-refractivity contribution >= 4 is 34.1 Å². The molecule has 0 radical (unpaired) electrons. The Kier molecular flexibility index (Phi) is 5.82. The number of nitrogens with zero attached hydrogens (tertiary/aromatic N) is 3. The van der Waals surface area contributed by atoms with E-state index in [1.165, 1.54) is 6.42 Å². The first-order valence-electron chi connectivity index (χ1n) is 12.7. The number of fused-ring (bicyclic) bond motifs is 1. The maximum atomic E-state index is 12.4. The van der Waals surface area contributed by atoms with Crippen LogP contribution in [-0.4, -0.2) is 26.7 Å². The first kappa shape index (κ1) is 23.1. The lowest BCUT2D eigenvalue weighted by molar-refractivity contribution is 0.108.